The second-order valence-corrected chi connectivity index (χ2v) is 23.2. The van der Waals surface area contributed by atoms with E-state index in [0.717, 1.165) is 0 Å². The van der Waals surface area contributed by atoms with Crippen molar-refractivity contribution in [3.8, 4) is 33.4 Å². The zero-order valence-electron chi connectivity index (χ0n) is 31.8. The van der Waals surface area contributed by atoms with Gasteiger partial charge < -0.3 is 24.8 Å². The summed E-state index contributed by atoms with van der Waals surface area (Å²) in [4.78, 5) is 0. The third-order valence-electron chi connectivity index (χ3n) is 10.6. The smallest absolute Gasteiger partial charge is 1.00 e. The molecule has 6 rings (SSSR count). The molecule has 4 aromatic carbocycles. The third kappa shape index (κ3) is 7.38. The Balaban J connectivity index is 0.00000270. The van der Waals surface area contributed by atoms with Crippen LogP contribution in [0.15, 0.2) is 81.7 Å². The summed E-state index contributed by atoms with van der Waals surface area (Å²) in [5.41, 5.74) is 21.5. The molecule has 0 N–H and O–H groups in total. The topological polar surface area (TPSA) is 0 Å². The average Bonchev–Trinajstić information content (AvgIpc) is 3.52. The molecule has 4 aromatic rings. The van der Waals surface area contributed by atoms with Crippen LogP contribution in [0.4, 0.5) is 0 Å². The van der Waals surface area contributed by atoms with Crippen LogP contribution < -0.4 is 24.8 Å². The van der Waals surface area contributed by atoms with E-state index in [1.165, 1.54) is 79.6 Å². The maximum absolute atomic E-state index is 2.69. The van der Waals surface area contributed by atoms with Crippen molar-refractivity contribution in [2.45, 2.75) is 99.6 Å². The van der Waals surface area contributed by atoms with Crippen LogP contribution >= 0.6 is 0 Å². The molecule has 0 amide bonds. The summed E-state index contributed by atoms with van der Waals surface area (Å²) in [5, 5.41) is 0. The molecular weight excluding hydrogens is 715 g/mol. The van der Waals surface area contributed by atoms with Crippen molar-refractivity contribution in [3.05, 3.63) is 126 Å². The largest absolute Gasteiger partial charge is 1.00 e. The van der Waals surface area contributed by atoms with Crippen LogP contribution in [0.25, 0.3) is 33.4 Å². The first kappa shape index (κ1) is 39.5. The van der Waals surface area contributed by atoms with Crippen LogP contribution in [-0.2, 0) is 21.3 Å². The van der Waals surface area contributed by atoms with E-state index in [1.54, 1.807) is 19.9 Å². The van der Waals surface area contributed by atoms with Gasteiger partial charge in [0, 0.05) is 0 Å². The van der Waals surface area contributed by atoms with E-state index < -0.39 is 21.3 Å². The van der Waals surface area contributed by atoms with Gasteiger partial charge in [-0.25, -0.2) is 0 Å². The van der Waals surface area contributed by atoms with Crippen LogP contribution in [0, 0.1) is 52.9 Å². The molecule has 0 radical (unpaired) electrons. The molecule has 49 heavy (non-hydrogen) atoms. The van der Waals surface area contributed by atoms with Gasteiger partial charge in [0.15, 0.2) is 0 Å². The van der Waals surface area contributed by atoms with Gasteiger partial charge in [0.2, 0.25) is 0 Å². The van der Waals surface area contributed by atoms with Gasteiger partial charge in [-0.1, -0.05) is 0 Å². The van der Waals surface area contributed by atoms with Gasteiger partial charge in [0.05, 0.1) is 0 Å². The third-order valence-corrected chi connectivity index (χ3v) is 19.0. The van der Waals surface area contributed by atoms with Crippen molar-refractivity contribution in [2.24, 2.45) is 11.3 Å². The van der Waals surface area contributed by atoms with Crippen molar-refractivity contribution in [2.75, 3.05) is 0 Å². The fraction of sp³-hybridized carbons (Fsp3) is 0.370. The maximum Gasteiger partial charge on any atom is -1.00 e. The van der Waals surface area contributed by atoms with E-state index in [9.17, 15) is 0 Å². The standard InChI is InChI=1S/C31H29.C12H19.C3H6.2ClH.Zr/c1-18-11-20(3)30(21(4)12-18)24-7-9-28-26(15-24)17-27-16-25(8-10-29(27)28)31-22(5)13-19(2)14-23(31)6;1-5-6-10-7-8-11(9-10)12(2,3)4;1-3-2;;;/h7-17H,1-6H3;8-10H,5-6H2,1-4H3;1-2H3;2*1H;/q;;;;;+2/p-2. The number of hydrogen-bond acceptors (Lipinski definition) is 0. The van der Waals surface area contributed by atoms with Gasteiger partial charge >= 0.3 is 295 Å². The average molecular weight is 769 g/mol. The van der Waals surface area contributed by atoms with Gasteiger partial charge in [-0.2, -0.15) is 0 Å². The normalized spacial score (nSPS) is 15.0. The summed E-state index contributed by atoms with van der Waals surface area (Å²) >= 11 is -2.48. The molecule has 256 valence electrons. The molecular formula is C46H54Cl2Zr. The fourth-order valence-corrected chi connectivity index (χ4v) is 17.5. The Labute approximate surface area is 317 Å². The first-order valence-corrected chi connectivity index (χ1v) is 21.6. The molecule has 3 heteroatoms. The van der Waals surface area contributed by atoms with Gasteiger partial charge in [-0.15, -0.1) is 0 Å². The molecule has 0 saturated heterocycles. The number of halogens is 2. The van der Waals surface area contributed by atoms with Crippen LogP contribution in [-0.4, -0.2) is 3.21 Å². The predicted molar refractivity (Wildman–Crippen MR) is 203 cm³/mol. The molecule has 2 aliphatic carbocycles. The molecule has 0 nitrogen and oxygen atoms in total. The van der Waals surface area contributed by atoms with E-state index in [4.69, 9.17) is 0 Å². The number of rotatable bonds is 6. The van der Waals surface area contributed by atoms with Crippen LogP contribution in [0.3, 0.4) is 0 Å². The van der Waals surface area contributed by atoms with Crippen LogP contribution in [0.2, 0.25) is 0 Å². The number of hydrogen-bond donors (Lipinski definition) is 0. The van der Waals surface area contributed by atoms with Crippen molar-refractivity contribution in [3.63, 3.8) is 0 Å². The predicted octanol–water partition coefficient (Wildman–Crippen LogP) is 7.07. The molecule has 1 unspecified atom stereocenters. The van der Waals surface area contributed by atoms with Crippen LogP contribution in [0.1, 0.15) is 103 Å². The second-order valence-electron chi connectivity index (χ2n) is 15.9. The van der Waals surface area contributed by atoms with Gasteiger partial charge in [-0.3, -0.25) is 0 Å². The van der Waals surface area contributed by atoms with Crippen molar-refractivity contribution >= 4 is 3.21 Å². The van der Waals surface area contributed by atoms with Crippen molar-refractivity contribution in [1.29, 1.82) is 0 Å². The quantitative estimate of drug-likeness (QED) is 0.197. The minimum absolute atomic E-state index is 0. The summed E-state index contributed by atoms with van der Waals surface area (Å²) in [6, 6.07) is 24.3. The number of allylic oxidation sites excluding steroid dienone is 4. The summed E-state index contributed by atoms with van der Waals surface area (Å²) in [7, 11) is 0. The number of fused-ring (bicyclic) bond motifs is 3. The maximum atomic E-state index is 2.69. The Bertz CT molecular complexity index is 1860. The number of aryl methyl sites for hydroxylation is 6. The second kappa shape index (κ2) is 15.1. The summed E-state index contributed by atoms with van der Waals surface area (Å²) in [6.07, 6.45) is 7.82. The van der Waals surface area contributed by atoms with Crippen LogP contribution in [0.5, 0.6) is 0 Å². The van der Waals surface area contributed by atoms with Gasteiger partial charge in [0.25, 0.3) is 0 Å². The van der Waals surface area contributed by atoms with Gasteiger partial charge in [0.1, 0.15) is 0 Å². The molecule has 2 aliphatic rings. The number of benzene rings is 4. The van der Waals surface area contributed by atoms with Crippen molar-refractivity contribution in [1.82, 2.24) is 0 Å². The Morgan fingerprint density at radius 1 is 0.653 bits per heavy atom. The summed E-state index contributed by atoms with van der Waals surface area (Å²) < 4.78 is 3.97. The molecule has 0 fully saturated rings. The molecule has 1 atom stereocenters. The zero-order chi connectivity index (χ0) is 33.9. The Morgan fingerprint density at radius 2 is 1.08 bits per heavy atom. The first-order valence-electron chi connectivity index (χ1n) is 17.8. The van der Waals surface area contributed by atoms with E-state index >= 15 is 0 Å². The summed E-state index contributed by atoms with van der Waals surface area (Å²) in [6.45, 7) is 28.1. The van der Waals surface area contributed by atoms with E-state index in [2.05, 4.69) is 156 Å². The molecule has 0 aliphatic heterocycles. The molecule has 0 spiro atoms. The Hall–Kier alpha value is -2.31. The molecule has 0 saturated carbocycles. The zero-order valence-corrected chi connectivity index (χ0v) is 35.7. The molecule has 0 aromatic heterocycles. The SMILES string of the molecule is CCCC1C=C(C(C)(C)C)C=[C]1[Zr+2](=[C](C)C)[CH]1c2cc(-c3c(C)cc(C)cc3C)ccc2-c2ccc(-c3c(C)cc(C)cc3C)cc21.[Cl-].[Cl-]. The minimum Gasteiger partial charge on any atom is -1.00 e. The fourth-order valence-electron chi connectivity index (χ4n) is 8.82. The Morgan fingerprint density at radius 3 is 1.45 bits per heavy atom. The minimum atomic E-state index is -2.48. The van der Waals surface area contributed by atoms with Gasteiger partial charge in [-0.05, 0) is 0 Å². The van der Waals surface area contributed by atoms with E-state index in [-0.39, 0.29) is 30.2 Å². The molecule has 0 bridgehead atoms. The van der Waals surface area contributed by atoms with E-state index in [1.807, 2.05) is 3.28 Å². The Kier molecular flexibility index (Phi) is 12.2. The van der Waals surface area contributed by atoms with E-state index in [0.29, 0.717) is 9.54 Å². The first-order chi connectivity index (χ1) is 22.2. The van der Waals surface area contributed by atoms with Crippen molar-refractivity contribution < 1.29 is 46.1 Å². The monoisotopic (exact) mass is 766 g/mol. The molecule has 0 heterocycles. The summed E-state index contributed by atoms with van der Waals surface area (Å²) in [5.74, 6) is 0.570.